The van der Waals surface area contributed by atoms with E-state index in [0.717, 1.165) is 22.0 Å². The van der Waals surface area contributed by atoms with Crippen LogP contribution in [0.2, 0.25) is 0 Å². The molecule has 0 aliphatic carbocycles. The smallest absolute Gasteiger partial charge is 0.251 e. The number of nitrogens with zero attached hydrogens (tertiary/aromatic N) is 2. The van der Waals surface area contributed by atoms with Crippen molar-refractivity contribution in [1.82, 2.24) is 15.3 Å². The van der Waals surface area contributed by atoms with Crippen molar-refractivity contribution in [1.29, 1.82) is 0 Å². The number of anilines is 2. The van der Waals surface area contributed by atoms with Gasteiger partial charge in [0, 0.05) is 29.9 Å². The van der Waals surface area contributed by atoms with E-state index >= 15 is 0 Å². The first-order valence-corrected chi connectivity index (χ1v) is 6.72. The molecule has 0 unspecified atom stereocenters. The van der Waals surface area contributed by atoms with Gasteiger partial charge in [-0.15, -0.1) is 0 Å². The lowest BCUT2D eigenvalue weighted by atomic mass is 10.0. The van der Waals surface area contributed by atoms with Crippen molar-refractivity contribution in [2.24, 2.45) is 0 Å². The fourth-order valence-corrected chi connectivity index (χ4v) is 2.31. The van der Waals surface area contributed by atoms with Crippen molar-refractivity contribution in [3.8, 4) is 11.1 Å². The van der Waals surface area contributed by atoms with Gasteiger partial charge < -0.3 is 16.8 Å². The van der Waals surface area contributed by atoms with Crippen molar-refractivity contribution in [3.05, 3.63) is 48.2 Å². The number of amides is 1. The van der Waals surface area contributed by atoms with Crippen LogP contribution in [0.4, 0.5) is 11.6 Å². The molecule has 0 fully saturated rings. The van der Waals surface area contributed by atoms with Gasteiger partial charge in [-0.25, -0.2) is 9.97 Å². The highest BCUT2D eigenvalue weighted by Crippen LogP contribution is 2.26. The molecule has 6 heteroatoms. The average molecular weight is 293 g/mol. The van der Waals surface area contributed by atoms with Crippen LogP contribution in [-0.4, -0.2) is 22.9 Å². The van der Waals surface area contributed by atoms with Crippen molar-refractivity contribution < 1.29 is 4.79 Å². The standard InChI is InChI=1S/C16H15N5O/c1-19-15(22)12-4-11(5-13(17)6-12)9-2-3-10-8-20-16(18)21-14(10)7-9/h2-8H,17H2,1H3,(H,19,22)(H2,18,20,21). The first-order valence-electron chi connectivity index (χ1n) is 6.72. The van der Waals surface area contributed by atoms with Gasteiger partial charge in [0.25, 0.3) is 5.91 Å². The minimum atomic E-state index is -0.180. The van der Waals surface area contributed by atoms with E-state index in [9.17, 15) is 4.79 Å². The number of benzene rings is 2. The van der Waals surface area contributed by atoms with E-state index in [4.69, 9.17) is 11.5 Å². The molecule has 22 heavy (non-hydrogen) atoms. The molecular formula is C16H15N5O. The molecule has 6 nitrogen and oxygen atoms in total. The average Bonchev–Trinajstić information content (AvgIpc) is 2.52. The Morgan fingerprint density at radius 1 is 1.09 bits per heavy atom. The number of carbonyl (C=O) groups excluding carboxylic acids is 1. The fourth-order valence-electron chi connectivity index (χ4n) is 2.31. The van der Waals surface area contributed by atoms with Crippen molar-refractivity contribution >= 4 is 28.4 Å². The van der Waals surface area contributed by atoms with Crippen molar-refractivity contribution in [3.63, 3.8) is 0 Å². The lowest BCUT2D eigenvalue weighted by molar-refractivity contribution is 0.0963. The molecule has 5 N–H and O–H groups in total. The predicted octanol–water partition coefficient (Wildman–Crippen LogP) is 1.82. The predicted molar refractivity (Wildman–Crippen MR) is 87.2 cm³/mol. The SMILES string of the molecule is CNC(=O)c1cc(N)cc(-c2ccc3cnc(N)nc3c2)c1. The summed E-state index contributed by atoms with van der Waals surface area (Å²) in [4.78, 5) is 20.0. The highest BCUT2D eigenvalue weighted by molar-refractivity contribution is 5.97. The Bertz CT molecular complexity index is 876. The van der Waals surface area contributed by atoms with E-state index in [1.807, 2.05) is 24.3 Å². The molecule has 0 atom stereocenters. The van der Waals surface area contributed by atoms with Crippen LogP contribution < -0.4 is 16.8 Å². The Kier molecular flexibility index (Phi) is 3.34. The van der Waals surface area contributed by atoms with E-state index in [-0.39, 0.29) is 11.9 Å². The number of fused-ring (bicyclic) bond motifs is 1. The Labute approximate surface area is 127 Å². The number of rotatable bonds is 2. The third kappa shape index (κ3) is 2.54. The summed E-state index contributed by atoms with van der Waals surface area (Å²) in [5.41, 5.74) is 15.1. The summed E-state index contributed by atoms with van der Waals surface area (Å²) >= 11 is 0. The van der Waals surface area contributed by atoms with Gasteiger partial charge in [-0.05, 0) is 35.4 Å². The van der Waals surface area contributed by atoms with Crippen LogP contribution in [0.3, 0.4) is 0 Å². The van der Waals surface area contributed by atoms with Crippen LogP contribution in [0.25, 0.3) is 22.0 Å². The lowest BCUT2D eigenvalue weighted by Gasteiger charge is -2.08. The summed E-state index contributed by atoms with van der Waals surface area (Å²) in [5.74, 6) is 0.0455. The summed E-state index contributed by atoms with van der Waals surface area (Å²) in [7, 11) is 1.58. The van der Waals surface area contributed by atoms with Crippen LogP contribution >= 0.6 is 0 Å². The zero-order chi connectivity index (χ0) is 15.7. The van der Waals surface area contributed by atoms with Gasteiger partial charge in [0.15, 0.2) is 0 Å². The van der Waals surface area contributed by atoms with Crippen LogP contribution in [0, 0.1) is 0 Å². The number of nitrogens with two attached hydrogens (primary N) is 2. The van der Waals surface area contributed by atoms with E-state index < -0.39 is 0 Å². The molecule has 1 aromatic heterocycles. The van der Waals surface area contributed by atoms with E-state index in [1.165, 1.54) is 0 Å². The minimum absolute atomic E-state index is 0.180. The number of nitrogens with one attached hydrogen (secondary N) is 1. The van der Waals surface area contributed by atoms with Gasteiger partial charge in [0.05, 0.1) is 5.52 Å². The Balaban J connectivity index is 2.14. The summed E-state index contributed by atoms with van der Waals surface area (Å²) < 4.78 is 0. The van der Waals surface area contributed by atoms with Gasteiger partial charge in [0.1, 0.15) is 0 Å². The highest BCUT2D eigenvalue weighted by atomic mass is 16.1. The molecule has 0 bridgehead atoms. The zero-order valence-electron chi connectivity index (χ0n) is 12.0. The maximum Gasteiger partial charge on any atom is 0.251 e. The fraction of sp³-hybridized carbons (Fsp3) is 0.0625. The van der Waals surface area contributed by atoms with Gasteiger partial charge in [-0.1, -0.05) is 12.1 Å². The second-order valence-corrected chi connectivity index (χ2v) is 4.92. The molecule has 110 valence electrons. The molecular weight excluding hydrogens is 278 g/mol. The molecule has 0 saturated heterocycles. The van der Waals surface area contributed by atoms with Gasteiger partial charge >= 0.3 is 0 Å². The second kappa shape index (κ2) is 5.33. The third-order valence-corrected chi connectivity index (χ3v) is 3.38. The number of aromatic nitrogens is 2. The Morgan fingerprint density at radius 3 is 2.68 bits per heavy atom. The monoisotopic (exact) mass is 293 g/mol. The molecule has 0 aliphatic rings. The molecule has 2 aromatic carbocycles. The number of hydrogen-bond acceptors (Lipinski definition) is 5. The van der Waals surface area contributed by atoms with E-state index in [2.05, 4.69) is 15.3 Å². The molecule has 1 heterocycles. The molecule has 0 saturated carbocycles. The van der Waals surface area contributed by atoms with Crippen molar-refractivity contribution in [2.45, 2.75) is 0 Å². The number of hydrogen-bond donors (Lipinski definition) is 3. The Morgan fingerprint density at radius 2 is 1.91 bits per heavy atom. The quantitative estimate of drug-likeness (QED) is 0.625. The molecule has 3 aromatic rings. The maximum atomic E-state index is 11.8. The first-order chi connectivity index (χ1) is 10.6. The van der Waals surface area contributed by atoms with Gasteiger partial charge in [-0.3, -0.25) is 4.79 Å². The summed E-state index contributed by atoms with van der Waals surface area (Å²) in [6.45, 7) is 0. The zero-order valence-corrected chi connectivity index (χ0v) is 12.0. The molecule has 0 spiro atoms. The van der Waals surface area contributed by atoms with Crippen LogP contribution in [0.15, 0.2) is 42.6 Å². The normalized spacial score (nSPS) is 10.6. The molecule has 3 rings (SSSR count). The first kappa shape index (κ1) is 13.8. The molecule has 0 radical (unpaired) electrons. The van der Waals surface area contributed by atoms with E-state index in [0.29, 0.717) is 11.3 Å². The van der Waals surface area contributed by atoms with Crippen LogP contribution in [0.1, 0.15) is 10.4 Å². The maximum absolute atomic E-state index is 11.8. The second-order valence-electron chi connectivity index (χ2n) is 4.92. The summed E-state index contributed by atoms with van der Waals surface area (Å²) in [6.07, 6.45) is 1.68. The third-order valence-electron chi connectivity index (χ3n) is 3.38. The van der Waals surface area contributed by atoms with Crippen LogP contribution in [0.5, 0.6) is 0 Å². The number of carbonyl (C=O) groups is 1. The number of nitrogen functional groups attached to an aromatic ring is 2. The molecule has 1 amide bonds. The highest BCUT2D eigenvalue weighted by Gasteiger charge is 2.08. The van der Waals surface area contributed by atoms with Gasteiger partial charge in [0.2, 0.25) is 5.95 Å². The van der Waals surface area contributed by atoms with Crippen LogP contribution in [-0.2, 0) is 0 Å². The van der Waals surface area contributed by atoms with E-state index in [1.54, 1.807) is 25.4 Å². The summed E-state index contributed by atoms with van der Waals surface area (Å²) in [6, 6.07) is 11.0. The Hall–Kier alpha value is -3.15. The minimum Gasteiger partial charge on any atom is -0.399 e. The van der Waals surface area contributed by atoms with Gasteiger partial charge in [-0.2, -0.15) is 0 Å². The topological polar surface area (TPSA) is 107 Å². The summed E-state index contributed by atoms with van der Waals surface area (Å²) in [5, 5.41) is 3.49. The lowest BCUT2D eigenvalue weighted by Crippen LogP contribution is -2.17. The molecule has 0 aliphatic heterocycles. The largest absolute Gasteiger partial charge is 0.399 e. The van der Waals surface area contributed by atoms with Crippen molar-refractivity contribution in [2.75, 3.05) is 18.5 Å².